The fraction of sp³-hybridized carbons (Fsp3) is 0.0769. The highest BCUT2D eigenvalue weighted by atomic mass is 19.1. The van der Waals surface area contributed by atoms with Crippen LogP contribution in [0, 0.1) is 26.0 Å². The maximum Gasteiger partial charge on any atom is 0.292 e. The molecule has 7 nitrogen and oxygen atoms in total. The normalized spacial score (nSPS) is 10.1. The first-order valence-corrected chi connectivity index (χ1v) is 5.89. The predicted molar refractivity (Wildman–Crippen MR) is 73.5 cm³/mol. The Morgan fingerprint density at radius 1 is 1.00 bits per heavy atom. The maximum atomic E-state index is 13.2. The minimum atomic E-state index is -0.652. The van der Waals surface area contributed by atoms with Crippen molar-refractivity contribution in [2.24, 2.45) is 0 Å². The second-order valence-electron chi connectivity index (χ2n) is 4.16. The van der Waals surface area contributed by atoms with Crippen LogP contribution in [0.3, 0.4) is 0 Å². The second kappa shape index (κ2) is 5.95. The molecule has 1 N–H and O–H groups in total. The molecule has 0 aromatic heterocycles. The van der Waals surface area contributed by atoms with Crippen LogP contribution < -0.4 is 5.32 Å². The van der Waals surface area contributed by atoms with Crippen molar-refractivity contribution in [3.63, 3.8) is 0 Å². The molecule has 0 saturated heterocycles. The van der Waals surface area contributed by atoms with E-state index in [0.29, 0.717) is 5.56 Å². The Kier molecular flexibility index (Phi) is 4.07. The van der Waals surface area contributed by atoms with Crippen LogP contribution in [0.4, 0.5) is 21.5 Å². The molecule has 0 unspecified atom stereocenters. The first-order chi connectivity index (χ1) is 9.99. The Balaban J connectivity index is 2.27. The third-order valence-corrected chi connectivity index (χ3v) is 2.81. The minimum absolute atomic E-state index is 0.0263. The summed E-state index contributed by atoms with van der Waals surface area (Å²) in [4.78, 5) is 20.5. The van der Waals surface area contributed by atoms with Crippen LogP contribution >= 0.6 is 0 Å². The number of hydrogen-bond donors (Lipinski definition) is 1. The standard InChI is InChI=1S/C13H10FN3O4/c14-10-5-6-13(17(20)21)11(7-10)15-8-9-3-1-2-4-12(9)16(18)19/h1-7,15H,8H2. The Bertz CT molecular complexity index is 706. The number of nitro benzene ring substituents is 2. The SMILES string of the molecule is O=[N+]([O-])c1ccccc1CNc1cc(F)ccc1[N+](=O)[O-]. The van der Waals surface area contributed by atoms with Gasteiger partial charge in [-0.2, -0.15) is 0 Å². The second-order valence-corrected chi connectivity index (χ2v) is 4.16. The van der Waals surface area contributed by atoms with E-state index in [1.165, 1.54) is 18.2 Å². The molecule has 2 aromatic carbocycles. The largest absolute Gasteiger partial charge is 0.375 e. The van der Waals surface area contributed by atoms with E-state index >= 15 is 0 Å². The molecule has 0 fully saturated rings. The molecule has 0 heterocycles. The summed E-state index contributed by atoms with van der Waals surface area (Å²) in [5.74, 6) is -0.634. The smallest absolute Gasteiger partial charge is 0.292 e. The highest BCUT2D eigenvalue weighted by Crippen LogP contribution is 2.26. The highest BCUT2D eigenvalue weighted by molar-refractivity contribution is 5.62. The Morgan fingerprint density at radius 3 is 2.33 bits per heavy atom. The van der Waals surface area contributed by atoms with Gasteiger partial charge >= 0.3 is 0 Å². The molecule has 2 rings (SSSR count). The van der Waals surface area contributed by atoms with E-state index in [2.05, 4.69) is 5.32 Å². The van der Waals surface area contributed by atoms with Crippen LogP contribution in [-0.2, 0) is 6.54 Å². The number of para-hydroxylation sites is 1. The van der Waals surface area contributed by atoms with Crippen molar-refractivity contribution in [1.29, 1.82) is 0 Å². The van der Waals surface area contributed by atoms with Crippen molar-refractivity contribution in [2.75, 3.05) is 5.32 Å². The monoisotopic (exact) mass is 291 g/mol. The molecule has 0 atom stereocenters. The topological polar surface area (TPSA) is 98.3 Å². The van der Waals surface area contributed by atoms with Crippen LogP contribution in [0.5, 0.6) is 0 Å². The molecule has 8 heteroatoms. The number of nitrogens with zero attached hydrogens (tertiary/aromatic N) is 2. The Hall–Kier alpha value is -3.03. The van der Waals surface area contributed by atoms with Gasteiger partial charge in [-0.05, 0) is 6.07 Å². The molecular weight excluding hydrogens is 281 g/mol. The number of rotatable bonds is 5. The summed E-state index contributed by atoms with van der Waals surface area (Å²) in [6.45, 7) is -0.0263. The van der Waals surface area contributed by atoms with E-state index in [9.17, 15) is 24.6 Å². The molecule has 0 aliphatic heterocycles. The first kappa shape index (κ1) is 14.4. The van der Waals surface area contributed by atoms with Crippen molar-refractivity contribution in [2.45, 2.75) is 6.54 Å². The van der Waals surface area contributed by atoms with Gasteiger partial charge in [0.15, 0.2) is 0 Å². The number of benzene rings is 2. The molecule has 0 radical (unpaired) electrons. The summed E-state index contributed by atoms with van der Waals surface area (Å²) in [7, 11) is 0. The van der Waals surface area contributed by atoms with Crippen molar-refractivity contribution in [3.05, 3.63) is 74.1 Å². The lowest BCUT2D eigenvalue weighted by Crippen LogP contribution is -2.05. The molecule has 0 spiro atoms. The van der Waals surface area contributed by atoms with Crippen LogP contribution in [0.15, 0.2) is 42.5 Å². The van der Waals surface area contributed by atoms with Crippen LogP contribution in [0.1, 0.15) is 5.56 Å². The third-order valence-electron chi connectivity index (χ3n) is 2.81. The third kappa shape index (κ3) is 3.30. The fourth-order valence-corrected chi connectivity index (χ4v) is 1.84. The molecule has 0 saturated carbocycles. The minimum Gasteiger partial charge on any atom is -0.375 e. The summed E-state index contributed by atoms with van der Waals surface area (Å²) in [6.07, 6.45) is 0. The average Bonchev–Trinajstić information content (AvgIpc) is 2.45. The summed E-state index contributed by atoms with van der Waals surface area (Å²) < 4.78 is 13.2. The molecular formula is C13H10FN3O4. The van der Waals surface area contributed by atoms with Gasteiger partial charge in [-0.15, -0.1) is 0 Å². The van der Waals surface area contributed by atoms with Crippen LogP contribution in [-0.4, -0.2) is 9.85 Å². The van der Waals surface area contributed by atoms with Gasteiger partial charge in [-0.25, -0.2) is 4.39 Å². The highest BCUT2D eigenvalue weighted by Gasteiger charge is 2.16. The van der Waals surface area contributed by atoms with Crippen molar-refractivity contribution >= 4 is 17.1 Å². The molecule has 21 heavy (non-hydrogen) atoms. The number of hydrogen-bond acceptors (Lipinski definition) is 5. The molecule has 2 aromatic rings. The molecule has 0 aliphatic carbocycles. The maximum absolute atomic E-state index is 13.2. The van der Waals surface area contributed by atoms with Gasteiger partial charge in [-0.3, -0.25) is 20.2 Å². The van der Waals surface area contributed by atoms with E-state index in [4.69, 9.17) is 0 Å². The molecule has 0 bridgehead atoms. The van der Waals surface area contributed by atoms with E-state index in [1.54, 1.807) is 6.07 Å². The van der Waals surface area contributed by atoms with Crippen molar-refractivity contribution in [1.82, 2.24) is 0 Å². The summed E-state index contributed by atoms with van der Waals surface area (Å²) >= 11 is 0. The van der Waals surface area contributed by atoms with Gasteiger partial charge in [-0.1, -0.05) is 18.2 Å². The van der Waals surface area contributed by atoms with Crippen molar-refractivity contribution in [3.8, 4) is 0 Å². The van der Waals surface area contributed by atoms with E-state index in [1.807, 2.05) is 0 Å². The molecule has 108 valence electrons. The fourth-order valence-electron chi connectivity index (χ4n) is 1.84. The van der Waals surface area contributed by atoms with Gasteiger partial charge < -0.3 is 5.32 Å². The molecule has 0 amide bonds. The predicted octanol–water partition coefficient (Wildman–Crippen LogP) is 3.25. The first-order valence-electron chi connectivity index (χ1n) is 5.89. The summed E-state index contributed by atoms with van der Waals surface area (Å²) in [5.41, 5.74) is -0.0850. The van der Waals surface area contributed by atoms with Crippen molar-refractivity contribution < 1.29 is 14.2 Å². The lowest BCUT2D eigenvalue weighted by atomic mass is 10.1. The Labute approximate surface area is 118 Å². The quantitative estimate of drug-likeness (QED) is 0.673. The summed E-state index contributed by atoms with van der Waals surface area (Å²) in [5, 5.41) is 24.4. The average molecular weight is 291 g/mol. The van der Waals surface area contributed by atoms with Gasteiger partial charge in [0.05, 0.1) is 9.85 Å². The van der Waals surface area contributed by atoms with Gasteiger partial charge in [0.2, 0.25) is 0 Å². The number of anilines is 1. The lowest BCUT2D eigenvalue weighted by Gasteiger charge is -2.07. The molecule has 0 aliphatic rings. The van der Waals surface area contributed by atoms with E-state index < -0.39 is 15.7 Å². The van der Waals surface area contributed by atoms with Gasteiger partial charge in [0.1, 0.15) is 11.5 Å². The van der Waals surface area contributed by atoms with Gasteiger partial charge in [0.25, 0.3) is 11.4 Å². The zero-order chi connectivity index (χ0) is 15.4. The lowest BCUT2D eigenvalue weighted by molar-refractivity contribution is -0.385. The number of nitro groups is 2. The number of nitrogens with one attached hydrogen (secondary N) is 1. The summed E-state index contributed by atoms with van der Waals surface area (Å²) in [6, 6.07) is 8.99. The zero-order valence-electron chi connectivity index (χ0n) is 10.7. The zero-order valence-corrected chi connectivity index (χ0v) is 10.7. The van der Waals surface area contributed by atoms with E-state index in [-0.39, 0.29) is 23.6 Å². The Morgan fingerprint density at radius 2 is 1.67 bits per heavy atom. The number of halogens is 1. The van der Waals surface area contributed by atoms with Crippen LogP contribution in [0.25, 0.3) is 0 Å². The van der Waals surface area contributed by atoms with Gasteiger partial charge in [0, 0.05) is 30.3 Å². The van der Waals surface area contributed by atoms with Crippen LogP contribution in [0.2, 0.25) is 0 Å². The van der Waals surface area contributed by atoms with E-state index in [0.717, 1.165) is 18.2 Å².